The van der Waals surface area contributed by atoms with Gasteiger partial charge in [-0.2, -0.15) is 0 Å². The van der Waals surface area contributed by atoms with E-state index in [1.807, 2.05) is 7.11 Å². The summed E-state index contributed by atoms with van der Waals surface area (Å²) in [7, 11) is -0.633. The summed E-state index contributed by atoms with van der Waals surface area (Å²) in [6, 6.07) is 51.8. The van der Waals surface area contributed by atoms with E-state index in [9.17, 15) is 0 Å². The number of aromatic nitrogens is 1. The molecule has 3 heteroatoms. The molecule has 6 aromatic carbocycles. The first-order valence-electron chi connectivity index (χ1n) is 16.4. The molecule has 1 aliphatic heterocycles. The van der Waals surface area contributed by atoms with Gasteiger partial charge in [0.15, 0.2) is 0 Å². The number of benzene rings is 6. The molecule has 2 heterocycles. The summed E-state index contributed by atoms with van der Waals surface area (Å²) in [5, 5.41) is 6.27. The van der Waals surface area contributed by atoms with Gasteiger partial charge in [-0.1, -0.05) is 115 Å². The summed E-state index contributed by atoms with van der Waals surface area (Å²) in [5.74, 6) is 0. The highest BCUT2D eigenvalue weighted by atomic mass is 31.2. The molecule has 1 aromatic heterocycles. The molecule has 1 aliphatic carbocycles. The van der Waals surface area contributed by atoms with Crippen LogP contribution in [0.1, 0.15) is 36.1 Å². The van der Waals surface area contributed by atoms with Crippen molar-refractivity contribution in [2.75, 3.05) is 7.11 Å². The number of hydrogen-bond acceptors (Lipinski definition) is 1. The predicted octanol–water partition coefficient (Wildman–Crippen LogP) is 10.5. The van der Waals surface area contributed by atoms with Crippen LogP contribution in [-0.4, -0.2) is 11.7 Å². The number of para-hydroxylation sites is 3. The molecule has 47 heavy (non-hydrogen) atoms. The maximum Gasteiger partial charge on any atom is 0.242 e. The second-order valence-electron chi connectivity index (χ2n) is 12.4. The Morgan fingerprint density at radius 3 is 2.11 bits per heavy atom. The van der Waals surface area contributed by atoms with Crippen LogP contribution in [0, 0.1) is 0 Å². The quantitative estimate of drug-likeness (QED) is 0.137. The number of hydrogen-bond donors (Lipinski definition) is 0. The lowest BCUT2D eigenvalue weighted by molar-refractivity contribution is 0.464. The van der Waals surface area contributed by atoms with Crippen molar-refractivity contribution in [1.82, 2.24) is 4.57 Å². The van der Waals surface area contributed by atoms with E-state index in [1.165, 1.54) is 76.8 Å². The van der Waals surface area contributed by atoms with E-state index < -0.39 is 12.9 Å². The van der Waals surface area contributed by atoms with Gasteiger partial charge in [-0.15, -0.1) is 0 Å². The van der Waals surface area contributed by atoms with Gasteiger partial charge in [-0.25, -0.2) is 4.52 Å². The predicted molar refractivity (Wildman–Crippen MR) is 200 cm³/mol. The van der Waals surface area contributed by atoms with Crippen molar-refractivity contribution >= 4 is 39.9 Å². The van der Waals surface area contributed by atoms with Gasteiger partial charge in [0.05, 0.1) is 29.2 Å². The average molecular weight is 625 g/mol. The minimum atomic E-state index is -2.54. The van der Waals surface area contributed by atoms with E-state index in [4.69, 9.17) is 4.52 Å². The fourth-order valence-electron chi connectivity index (χ4n) is 8.78. The van der Waals surface area contributed by atoms with Crippen LogP contribution in [0.15, 0.2) is 163 Å². The lowest BCUT2D eigenvalue weighted by Crippen LogP contribution is -2.34. The zero-order valence-corrected chi connectivity index (χ0v) is 27.7. The van der Waals surface area contributed by atoms with E-state index in [2.05, 4.69) is 176 Å². The molecule has 2 atom stereocenters. The Morgan fingerprint density at radius 2 is 1.30 bits per heavy atom. The molecule has 0 bridgehead atoms. The average Bonchev–Trinajstić information content (AvgIpc) is 3.63. The first-order valence-corrected chi connectivity index (χ1v) is 18.1. The molecule has 0 fully saturated rings. The summed E-state index contributed by atoms with van der Waals surface area (Å²) in [6.07, 6.45) is 6.63. The first-order chi connectivity index (χ1) is 23.2. The summed E-state index contributed by atoms with van der Waals surface area (Å²) >= 11 is 0. The Morgan fingerprint density at radius 1 is 0.638 bits per heavy atom. The molecular weight excluding hydrogens is 589 g/mol. The van der Waals surface area contributed by atoms with Crippen molar-refractivity contribution in [3.8, 4) is 16.8 Å². The van der Waals surface area contributed by atoms with Crippen molar-refractivity contribution in [2.24, 2.45) is 0 Å². The first kappa shape index (κ1) is 28.2. The fourth-order valence-corrected chi connectivity index (χ4v) is 12.4. The molecule has 0 N–H and O–H groups in total. The van der Waals surface area contributed by atoms with Gasteiger partial charge in [0.25, 0.3) is 0 Å². The second kappa shape index (κ2) is 10.5. The SMILES string of the molecule is C/C=C\C(=C/C)[P+](OC)(c1ccccc1)c1cccc2c1-c1ccccc1C21c2ccccc2-n2c3ccccc3c3cccc1c32. The van der Waals surface area contributed by atoms with E-state index in [0.29, 0.717) is 0 Å². The summed E-state index contributed by atoms with van der Waals surface area (Å²) in [4.78, 5) is 0. The molecule has 0 saturated carbocycles. The van der Waals surface area contributed by atoms with Crippen molar-refractivity contribution in [3.05, 3.63) is 185 Å². The maximum absolute atomic E-state index is 6.94. The highest BCUT2D eigenvalue weighted by Gasteiger charge is 2.56. The van der Waals surface area contributed by atoms with Crippen LogP contribution >= 0.6 is 7.49 Å². The van der Waals surface area contributed by atoms with Crippen molar-refractivity contribution in [1.29, 1.82) is 0 Å². The minimum Gasteiger partial charge on any atom is -0.309 e. The normalized spacial score (nSPS) is 17.6. The van der Waals surface area contributed by atoms with Crippen LogP contribution in [0.4, 0.5) is 0 Å². The van der Waals surface area contributed by atoms with Gasteiger partial charge in [0, 0.05) is 16.3 Å². The van der Waals surface area contributed by atoms with E-state index in [1.54, 1.807) is 0 Å². The standard InChI is InChI=1S/C44H35NOP/c1-4-17-30(5-2)47(46-3,31-18-7-6-8-19-31)41-29-16-25-37-42(41)34-21-9-11-23-35(34)44(37)36-24-12-14-28-40(36)45-39-27-13-10-20-32(39)33-22-15-26-38(44)43(33)45/h4-29H,1-3H3/q+1/b17-4-,30-5+. The number of rotatable bonds is 5. The van der Waals surface area contributed by atoms with Crippen LogP contribution < -0.4 is 10.6 Å². The van der Waals surface area contributed by atoms with Gasteiger partial charge in [-0.3, -0.25) is 0 Å². The summed E-state index contributed by atoms with van der Waals surface area (Å²) in [5.41, 5.74) is 11.1. The molecule has 0 radical (unpaired) electrons. The monoisotopic (exact) mass is 624 g/mol. The lowest BCUT2D eigenvalue weighted by Gasteiger charge is -2.39. The molecule has 2 unspecified atom stereocenters. The fraction of sp³-hybridized carbons (Fsp3) is 0.0909. The van der Waals surface area contributed by atoms with Gasteiger partial charge in [0.2, 0.25) is 7.49 Å². The third-order valence-electron chi connectivity index (χ3n) is 10.4. The number of fused-ring (bicyclic) bond motifs is 12. The highest BCUT2D eigenvalue weighted by Crippen LogP contribution is 2.69. The molecule has 7 aromatic rings. The Labute approximate surface area is 276 Å². The molecule has 2 aliphatic rings. The van der Waals surface area contributed by atoms with Crippen LogP contribution in [0.3, 0.4) is 0 Å². The largest absolute Gasteiger partial charge is 0.309 e. The second-order valence-corrected chi connectivity index (χ2v) is 15.5. The smallest absolute Gasteiger partial charge is 0.242 e. The Bertz CT molecular complexity index is 2430. The van der Waals surface area contributed by atoms with Crippen molar-refractivity contribution in [2.45, 2.75) is 19.3 Å². The third kappa shape index (κ3) is 3.47. The molecule has 0 amide bonds. The number of allylic oxidation sites excluding steroid dienone is 4. The highest BCUT2D eigenvalue weighted by molar-refractivity contribution is 7.89. The Balaban J connectivity index is 1.49. The van der Waals surface area contributed by atoms with Crippen molar-refractivity contribution in [3.63, 3.8) is 0 Å². The summed E-state index contributed by atoms with van der Waals surface area (Å²) in [6.45, 7) is 4.23. The summed E-state index contributed by atoms with van der Waals surface area (Å²) < 4.78 is 9.45. The Kier molecular flexibility index (Phi) is 6.31. The molecular formula is C44H35NOP+. The molecule has 226 valence electrons. The van der Waals surface area contributed by atoms with Gasteiger partial charge in [0.1, 0.15) is 15.9 Å². The minimum absolute atomic E-state index is 0.501. The van der Waals surface area contributed by atoms with Crippen LogP contribution in [0.25, 0.3) is 38.6 Å². The van der Waals surface area contributed by atoms with Crippen LogP contribution in [0.5, 0.6) is 0 Å². The van der Waals surface area contributed by atoms with Gasteiger partial charge in [-0.05, 0) is 84.1 Å². The number of nitrogens with zero attached hydrogens (tertiary/aromatic N) is 1. The topological polar surface area (TPSA) is 14.2 Å². The van der Waals surface area contributed by atoms with Crippen LogP contribution in [0.2, 0.25) is 0 Å². The van der Waals surface area contributed by atoms with E-state index in [-0.39, 0.29) is 0 Å². The molecule has 9 rings (SSSR count). The van der Waals surface area contributed by atoms with Crippen molar-refractivity contribution < 1.29 is 4.52 Å². The van der Waals surface area contributed by atoms with Crippen LogP contribution in [-0.2, 0) is 9.94 Å². The van der Waals surface area contributed by atoms with E-state index in [0.717, 1.165) is 0 Å². The van der Waals surface area contributed by atoms with Gasteiger partial charge >= 0.3 is 0 Å². The molecule has 2 nitrogen and oxygen atoms in total. The lowest BCUT2D eigenvalue weighted by atomic mass is 9.65. The third-order valence-corrected chi connectivity index (χ3v) is 14.2. The Hall–Kier alpha value is -5.01. The maximum atomic E-state index is 6.94. The zero-order valence-electron chi connectivity index (χ0n) is 26.8. The van der Waals surface area contributed by atoms with E-state index >= 15 is 0 Å². The molecule has 0 saturated heterocycles. The van der Waals surface area contributed by atoms with Gasteiger partial charge < -0.3 is 4.57 Å². The molecule has 1 spiro atoms. The zero-order chi connectivity index (χ0) is 31.8.